The summed E-state index contributed by atoms with van der Waals surface area (Å²) in [6.45, 7) is 5.23. The van der Waals surface area contributed by atoms with Crippen LogP contribution >= 0.6 is 35.8 Å². The molecule has 1 unspecified atom stereocenters. The molecule has 4 saturated heterocycles. The molecule has 52 heavy (non-hydrogen) atoms. The van der Waals surface area contributed by atoms with E-state index >= 15 is 0 Å². The molecule has 0 saturated carbocycles. The van der Waals surface area contributed by atoms with Gasteiger partial charge in [0.15, 0.2) is 9.84 Å². The second-order valence-electron chi connectivity index (χ2n) is 13.4. The van der Waals surface area contributed by atoms with Crippen molar-refractivity contribution < 1.29 is 51.4 Å². The van der Waals surface area contributed by atoms with Gasteiger partial charge in [-0.25, -0.2) is 22.8 Å². The van der Waals surface area contributed by atoms with Gasteiger partial charge in [-0.3, -0.25) is 19.7 Å². The Morgan fingerprint density at radius 3 is 2.15 bits per heavy atom. The largest absolute Gasteiger partial charge is 0.426 e. The lowest BCUT2D eigenvalue weighted by Gasteiger charge is -2.44. The highest BCUT2D eigenvalue weighted by molar-refractivity contribution is 8.01. The molecule has 2 aromatic rings. The normalized spacial score (nSPS) is 26.3. The molecule has 6 atom stereocenters. The van der Waals surface area contributed by atoms with Crippen LogP contribution in [0, 0.1) is 0 Å². The summed E-state index contributed by atoms with van der Waals surface area (Å²) in [4.78, 5) is 79.0. The number of nitrogens with two attached hydrogens (primary N) is 1. The van der Waals surface area contributed by atoms with E-state index in [2.05, 4.69) is 10.6 Å². The Hall–Kier alpha value is -4.10. The minimum Gasteiger partial charge on any atom is -0.426 e. The number of β-lactam (4-membered cyclic amide) rings is 2. The van der Waals surface area contributed by atoms with Crippen molar-refractivity contribution >= 4 is 87.0 Å². The Kier molecular flexibility index (Phi) is 10.6. The summed E-state index contributed by atoms with van der Waals surface area (Å²) < 4.78 is 38.7. The number of fused-ring (bicyclic) bond motifs is 2. The van der Waals surface area contributed by atoms with Crippen LogP contribution in [0.2, 0.25) is 5.02 Å². The van der Waals surface area contributed by atoms with Gasteiger partial charge in [0.25, 0.3) is 0 Å². The predicted octanol–water partition coefficient (Wildman–Crippen LogP) is 2.10. The number of sulfone groups is 1. The average Bonchev–Trinajstić information content (AvgIpc) is 3.39. The number of carbonyl (C=O) groups is 6. The Bertz CT molecular complexity index is 1930. The quantitative estimate of drug-likeness (QED) is 0.188. The molecule has 16 nitrogen and oxygen atoms in total. The van der Waals surface area contributed by atoms with Crippen LogP contribution < -0.4 is 21.1 Å². The van der Waals surface area contributed by atoms with Crippen molar-refractivity contribution in [3.8, 4) is 5.75 Å². The fraction of sp³-hybridized carbons (Fsp3) is 0.438. The molecule has 0 aromatic heterocycles. The third kappa shape index (κ3) is 6.66. The Morgan fingerprint density at radius 2 is 1.56 bits per heavy atom. The smallest absolute Gasteiger partial charge is 0.417 e. The van der Waals surface area contributed by atoms with Gasteiger partial charge in [-0.1, -0.05) is 23.7 Å². The van der Waals surface area contributed by atoms with E-state index in [0.717, 1.165) is 4.90 Å². The molecule has 280 valence electrons. The van der Waals surface area contributed by atoms with Crippen LogP contribution in [0.25, 0.3) is 0 Å². The summed E-state index contributed by atoms with van der Waals surface area (Å²) >= 11 is 7.11. The lowest BCUT2D eigenvalue weighted by molar-refractivity contribution is -0.181. The topological polar surface area (TPSA) is 221 Å². The Balaban J connectivity index is 0.00000523. The molecule has 20 heteroatoms. The molecule has 6 rings (SSSR count). The van der Waals surface area contributed by atoms with Crippen molar-refractivity contribution in [3.63, 3.8) is 0 Å². The van der Waals surface area contributed by atoms with E-state index in [-0.39, 0.29) is 24.6 Å². The van der Waals surface area contributed by atoms with E-state index in [1.807, 2.05) is 0 Å². The number of nitrogens with one attached hydrogen (secondary N) is 2. The van der Waals surface area contributed by atoms with E-state index in [1.54, 1.807) is 38.1 Å². The van der Waals surface area contributed by atoms with Crippen LogP contribution in [0.5, 0.6) is 5.75 Å². The molecule has 2 aromatic carbocycles. The zero-order valence-electron chi connectivity index (χ0n) is 28.1. The highest BCUT2D eigenvalue weighted by Crippen LogP contribution is 2.51. The summed E-state index contributed by atoms with van der Waals surface area (Å²) in [6.07, 6.45) is -0.956. The summed E-state index contributed by atoms with van der Waals surface area (Å²) in [6, 6.07) is 7.68. The van der Waals surface area contributed by atoms with E-state index in [9.17, 15) is 37.2 Å². The summed E-state index contributed by atoms with van der Waals surface area (Å²) in [5, 5.41) is 3.99. The second kappa shape index (κ2) is 14.0. The molecular formula is C32H35Cl2N5O11S2. The number of amides is 4. The molecule has 0 bridgehead atoms. The Labute approximate surface area is 313 Å². The number of hydrogen-bond acceptors (Lipinski definition) is 13. The molecule has 0 aliphatic carbocycles. The number of carbonyl (C=O) groups excluding carboxylic acids is 6. The van der Waals surface area contributed by atoms with Crippen molar-refractivity contribution in [2.45, 2.75) is 78.5 Å². The van der Waals surface area contributed by atoms with E-state index in [0.29, 0.717) is 16.3 Å². The number of rotatable bonds is 9. The highest BCUT2D eigenvalue weighted by atomic mass is 35.5. The molecule has 4 fully saturated rings. The zero-order chi connectivity index (χ0) is 37.2. The summed E-state index contributed by atoms with van der Waals surface area (Å²) in [5.41, 5.74) is 7.04. The van der Waals surface area contributed by atoms with Gasteiger partial charge in [0.05, 0.1) is 11.2 Å². The molecule has 4 amide bonds. The first kappa shape index (κ1) is 39.1. The maximum atomic E-state index is 13.2. The van der Waals surface area contributed by atoms with Crippen LogP contribution in [0.4, 0.5) is 10.5 Å². The third-order valence-corrected chi connectivity index (χ3v) is 14.0. The fourth-order valence-corrected chi connectivity index (χ4v) is 10.4. The maximum Gasteiger partial charge on any atom is 0.417 e. The van der Waals surface area contributed by atoms with E-state index in [1.165, 1.54) is 54.8 Å². The first-order chi connectivity index (χ1) is 23.8. The van der Waals surface area contributed by atoms with Crippen molar-refractivity contribution in [2.75, 3.05) is 12.1 Å². The molecule has 4 aliphatic rings. The van der Waals surface area contributed by atoms with Gasteiger partial charge in [-0.2, -0.15) is 0 Å². The van der Waals surface area contributed by atoms with Gasteiger partial charge in [0, 0.05) is 15.5 Å². The summed E-state index contributed by atoms with van der Waals surface area (Å²) in [7, 11) is -3.84. The van der Waals surface area contributed by atoms with Crippen LogP contribution in [-0.4, -0.2) is 99.1 Å². The van der Waals surface area contributed by atoms with Crippen molar-refractivity contribution in [1.82, 2.24) is 15.1 Å². The summed E-state index contributed by atoms with van der Waals surface area (Å²) in [5.74, 6) is -3.42. The zero-order valence-corrected chi connectivity index (χ0v) is 31.3. The number of halogens is 2. The minimum absolute atomic E-state index is 0. The highest BCUT2D eigenvalue weighted by Gasteiger charge is 2.68. The number of thioether (sulfide) groups is 1. The number of ether oxygens (including phenoxy) is 3. The average molecular weight is 801 g/mol. The Morgan fingerprint density at radius 1 is 0.962 bits per heavy atom. The number of anilines is 1. The van der Waals surface area contributed by atoms with Crippen molar-refractivity contribution in [1.29, 1.82) is 0 Å². The molecule has 4 heterocycles. The predicted molar refractivity (Wildman–Crippen MR) is 189 cm³/mol. The van der Waals surface area contributed by atoms with Gasteiger partial charge in [-0.15, -0.1) is 24.2 Å². The standard InChI is InChI=1S/C32H34ClN5O11S2.ClH/c1-31(2)23(28(42)47-14-48-29(43)24-32(3,4)51(45,46)20-13-19(39)37(20)24)38-26(41)22(27(38)50-31)36-25(40)21(34)15-5-11-18(12-6-15)49-30(44)35-17-9-7-16(33)8-10-17;/h5-12,20-24,27H,13-14,34H2,1-4H3,(H,35,44)(H,36,40);1H/t20-,21?,22-,23+,24+,27-;/m1./s1. The monoisotopic (exact) mass is 799 g/mol. The molecule has 0 spiro atoms. The fourth-order valence-electron chi connectivity index (χ4n) is 6.56. The molecule has 0 radical (unpaired) electrons. The van der Waals surface area contributed by atoms with Gasteiger partial charge >= 0.3 is 18.0 Å². The second-order valence-corrected chi connectivity index (χ2v) is 18.3. The molecule has 4 N–H and O–H groups in total. The number of hydrogen-bond donors (Lipinski definition) is 3. The maximum absolute atomic E-state index is 13.2. The first-order valence-electron chi connectivity index (χ1n) is 15.6. The van der Waals surface area contributed by atoms with Crippen LogP contribution in [0.15, 0.2) is 48.5 Å². The van der Waals surface area contributed by atoms with Gasteiger partial charge in [0.2, 0.25) is 24.5 Å². The van der Waals surface area contributed by atoms with Crippen molar-refractivity contribution in [2.24, 2.45) is 5.73 Å². The minimum atomic E-state index is -3.84. The van der Waals surface area contributed by atoms with E-state index in [4.69, 9.17) is 31.5 Å². The molecule has 4 aliphatic heterocycles. The number of nitrogens with zero attached hydrogens (tertiary/aromatic N) is 2. The number of esters is 2. The SMILES string of the molecule is CC1(C)S[C@@H]2[C@H](NC(=O)C(N)c3ccc(OC(=O)Nc4ccc(Cl)cc4)cc3)C(=O)N2[C@H]1C(=O)OCOC(=O)[C@@H]1N2C(=O)C[C@H]2S(=O)(=O)C1(C)C.Cl. The van der Waals surface area contributed by atoms with Gasteiger partial charge in [0.1, 0.15) is 40.7 Å². The number of benzene rings is 2. The van der Waals surface area contributed by atoms with Gasteiger partial charge in [-0.05, 0) is 69.7 Å². The lowest BCUT2D eigenvalue weighted by Crippen LogP contribution is -2.71. The van der Waals surface area contributed by atoms with E-state index < -0.39 is 96.8 Å². The van der Waals surface area contributed by atoms with Gasteiger partial charge < -0.3 is 35.1 Å². The molecular weight excluding hydrogens is 765 g/mol. The first-order valence-corrected chi connectivity index (χ1v) is 18.4. The van der Waals surface area contributed by atoms with Crippen molar-refractivity contribution in [3.05, 3.63) is 59.1 Å². The van der Waals surface area contributed by atoms with Crippen LogP contribution in [0.3, 0.4) is 0 Å². The third-order valence-electron chi connectivity index (χ3n) is 9.39. The lowest BCUT2D eigenvalue weighted by atomic mass is 9.95. The van der Waals surface area contributed by atoms with Crippen LogP contribution in [-0.2, 0) is 43.3 Å². The van der Waals surface area contributed by atoms with Crippen LogP contribution in [0.1, 0.15) is 45.7 Å².